The fourth-order valence-corrected chi connectivity index (χ4v) is 2.79. The molecule has 0 spiro atoms. The number of hydrogen-bond acceptors (Lipinski definition) is 4. The van der Waals surface area contributed by atoms with Gasteiger partial charge in [-0.2, -0.15) is 0 Å². The van der Waals surface area contributed by atoms with Crippen molar-refractivity contribution in [2.45, 2.75) is 20.8 Å². The van der Waals surface area contributed by atoms with Gasteiger partial charge in [0.25, 0.3) is 5.91 Å². The summed E-state index contributed by atoms with van der Waals surface area (Å²) < 4.78 is 5.32. The van der Waals surface area contributed by atoms with Gasteiger partial charge in [-0.05, 0) is 25.0 Å². The van der Waals surface area contributed by atoms with Crippen molar-refractivity contribution in [3.05, 3.63) is 29.0 Å². The molecule has 0 radical (unpaired) electrons. The molecule has 5 heteroatoms. The van der Waals surface area contributed by atoms with Crippen LogP contribution in [0.5, 0.6) is 0 Å². The number of carbonyl (C=O) groups is 1. The van der Waals surface area contributed by atoms with E-state index in [0.29, 0.717) is 17.4 Å². The minimum Gasteiger partial charge on any atom is -0.462 e. The van der Waals surface area contributed by atoms with E-state index in [9.17, 15) is 4.79 Å². The lowest BCUT2D eigenvalue weighted by molar-refractivity contribution is 0.0773. The molecule has 0 aliphatic rings. The van der Waals surface area contributed by atoms with Gasteiger partial charge >= 0.3 is 0 Å². The minimum atomic E-state index is -0.0275. The van der Waals surface area contributed by atoms with E-state index in [1.165, 1.54) is 11.3 Å². The Hall–Kier alpha value is -1.62. The van der Waals surface area contributed by atoms with Crippen molar-refractivity contribution in [2.24, 2.45) is 5.92 Å². The van der Waals surface area contributed by atoms with E-state index in [0.717, 1.165) is 16.4 Å². The monoisotopic (exact) mass is 278 g/mol. The molecule has 4 nitrogen and oxygen atoms in total. The molecular weight excluding hydrogens is 260 g/mol. The highest BCUT2D eigenvalue weighted by Gasteiger charge is 2.20. The summed E-state index contributed by atoms with van der Waals surface area (Å²) in [7, 11) is 1.81. The number of furan rings is 1. The van der Waals surface area contributed by atoms with Gasteiger partial charge in [0, 0.05) is 18.5 Å². The highest BCUT2D eigenvalue weighted by molar-refractivity contribution is 7.15. The van der Waals surface area contributed by atoms with Crippen molar-refractivity contribution in [3.63, 3.8) is 0 Å². The summed E-state index contributed by atoms with van der Waals surface area (Å²) in [5.41, 5.74) is 0.527. The Kier molecular flexibility index (Phi) is 4.04. The Labute approximate surface area is 117 Å². The van der Waals surface area contributed by atoms with Gasteiger partial charge in [-0.15, -0.1) is 11.3 Å². The second-order valence-corrected chi connectivity index (χ2v) is 6.18. The lowest BCUT2D eigenvalue weighted by Crippen LogP contribution is -2.30. The van der Waals surface area contributed by atoms with Crippen LogP contribution in [0.1, 0.15) is 29.2 Å². The SMILES string of the molecule is Cc1sc(-c2ccco2)nc1C(=O)N(C)CC(C)C. The standard InChI is InChI=1S/C14H18N2O2S/c1-9(2)8-16(4)14(17)12-10(3)19-13(15-12)11-6-5-7-18-11/h5-7,9H,8H2,1-4H3. The third kappa shape index (κ3) is 3.04. The van der Waals surface area contributed by atoms with Gasteiger partial charge in [0.15, 0.2) is 10.8 Å². The van der Waals surface area contributed by atoms with Crippen LogP contribution in [0.3, 0.4) is 0 Å². The predicted octanol–water partition coefficient (Wildman–Crippen LogP) is 3.44. The average molecular weight is 278 g/mol. The fourth-order valence-electron chi connectivity index (χ4n) is 1.91. The summed E-state index contributed by atoms with van der Waals surface area (Å²) in [6, 6.07) is 3.67. The Morgan fingerprint density at radius 1 is 1.53 bits per heavy atom. The van der Waals surface area contributed by atoms with Gasteiger partial charge in [0.2, 0.25) is 0 Å². The lowest BCUT2D eigenvalue weighted by atomic mass is 10.2. The van der Waals surface area contributed by atoms with E-state index in [2.05, 4.69) is 18.8 Å². The molecule has 2 aromatic heterocycles. The zero-order valence-corrected chi connectivity index (χ0v) is 12.5. The van der Waals surface area contributed by atoms with Crippen molar-refractivity contribution in [1.82, 2.24) is 9.88 Å². The van der Waals surface area contributed by atoms with Crippen LogP contribution >= 0.6 is 11.3 Å². The number of carbonyl (C=O) groups excluding carboxylic acids is 1. The van der Waals surface area contributed by atoms with Crippen molar-refractivity contribution in [1.29, 1.82) is 0 Å². The minimum absolute atomic E-state index is 0.0275. The zero-order valence-electron chi connectivity index (χ0n) is 11.6. The van der Waals surface area contributed by atoms with E-state index >= 15 is 0 Å². The summed E-state index contributed by atoms with van der Waals surface area (Å²) in [4.78, 5) is 19.4. The normalized spacial score (nSPS) is 11.0. The van der Waals surface area contributed by atoms with Gasteiger partial charge in [-0.3, -0.25) is 4.79 Å². The smallest absolute Gasteiger partial charge is 0.273 e. The van der Waals surface area contributed by atoms with Crippen LogP contribution in [0.4, 0.5) is 0 Å². The van der Waals surface area contributed by atoms with Crippen LogP contribution in [-0.2, 0) is 0 Å². The molecule has 102 valence electrons. The molecule has 0 aromatic carbocycles. The van der Waals surface area contributed by atoms with Crippen LogP contribution in [-0.4, -0.2) is 29.4 Å². The van der Waals surface area contributed by atoms with Gasteiger partial charge in [0.05, 0.1) is 6.26 Å². The molecule has 0 unspecified atom stereocenters. The van der Waals surface area contributed by atoms with Crippen LogP contribution in [0, 0.1) is 12.8 Å². The maximum Gasteiger partial charge on any atom is 0.273 e. The second-order valence-electron chi connectivity index (χ2n) is 4.98. The molecule has 0 aliphatic heterocycles. The van der Waals surface area contributed by atoms with Crippen molar-refractivity contribution in [3.8, 4) is 10.8 Å². The van der Waals surface area contributed by atoms with E-state index in [-0.39, 0.29) is 5.91 Å². The molecule has 2 aromatic rings. The summed E-state index contributed by atoms with van der Waals surface area (Å²) >= 11 is 1.48. The summed E-state index contributed by atoms with van der Waals surface area (Å²) in [5, 5.41) is 0.754. The number of nitrogens with zero attached hydrogens (tertiary/aromatic N) is 2. The molecule has 0 fully saturated rings. The number of thiazole rings is 1. The molecular formula is C14H18N2O2S. The van der Waals surface area contributed by atoms with E-state index in [1.807, 2.05) is 26.1 Å². The Balaban J connectivity index is 2.23. The van der Waals surface area contributed by atoms with Gasteiger partial charge in [-0.25, -0.2) is 4.98 Å². The number of rotatable bonds is 4. The third-order valence-electron chi connectivity index (χ3n) is 2.72. The fraction of sp³-hybridized carbons (Fsp3) is 0.429. The van der Waals surface area contributed by atoms with Crippen LogP contribution in [0.15, 0.2) is 22.8 Å². The highest BCUT2D eigenvalue weighted by atomic mass is 32.1. The molecule has 0 aliphatic carbocycles. The Morgan fingerprint density at radius 2 is 2.26 bits per heavy atom. The quantitative estimate of drug-likeness (QED) is 0.860. The van der Waals surface area contributed by atoms with E-state index < -0.39 is 0 Å². The number of aromatic nitrogens is 1. The summed E-state index contributed by atoms with van der Waals surface area (Å²) in [5.74, 6) is 1.12. The third-order valence-corrected chi connectivity index (χ3v) is 3.70. The molecule has 2 heterocycles. The van der Waals surface area contributed by atoms with Gasteiger partial charge < -0.3 is 9.32 Å². The van der Waals surface area contributed by atoms with Crippen molar-refractivity contribution < 1.29 is 9.21 Å². The predicted molar refractivity (Wildman–Crippen MR) is 76.4 cm³/mol. The first-order chi connectivity index (χ1) is 8.99. The first-order valence-corrected chi connectivity index (χ1v) is 7.07. The molecule has 1 amide bonds. The number of aryl methyl sites for hydroxylation is 1. The molecule has 0 saturated heterocycles. The van der Waals surface area contributed by atoms with Gasteiger partial charge in [-0.1, -0.05) is 13.8 Å². The zero-order chi connectivity index (χ0) is 14.0. The van der Waals surface area contributed by atoms with E-state index in [1.54, 1.807) is 11.2 Å². The largest absolute Gasteiger partial charge is 0.462 e. The molecule has 19 heavy (non-hydrogen) atoms. The lowest BCUT2D eigenvalue weighted by Gasteiger charge is -2.18. The first kappa shape index (κ1) is 13.8. The van der Waals surface area contributed by atoms with Crippen molar-refractivity contribution >= 4 is 17.2 Å². The maximum atomic E-state index is 12.3. The van der Waals surface area contributed by atoms with Crippen LogP contribution in [0.2, 0.25) is 0 Å². The topological polar surface area (TPSA) is 46.3 Å². The second kappa shape index (κ2) is 5.57. The Bertz CT molecular complexity index is 558. The van der Waals surface area contributed by atoms with Crippen LogP contribution < -0.4 is 0 Å². The number of amides is 1. The van der Waals surface area contributed by atoms with Crippen LogP contribution in [0.25, 0.3) is 10.8 Å². The summed E-state index contributed by atoms with van der Waals surface area (Å²) in [6.07, 6.45) is 1.61. The summed E-state index contributed by atoms with van der Waals surface area (Å²) in [6.45, 7) is 6.82. The maximum absolute atomic E-state index is 12.3. The average Bonchev–Trinajstić information content (AvgIpc) is 2.95. The number of hydrogen-bond donors (Lipinski definition) is 0. The molecule has 0 N–H and O–H groups in total. The Morgan fingerprint density at radius 3 is 2.84 bits per heavy atom. The van der Waals surface area contributed by atoms with E-state index in [4.69, 9.17) is 4.42 Å². The first-order valence-electron chi connectivity index (χ1n) is 6.25. The highest BCUT2D eigenvalue weighted by Crippen LogP contribution is 2.28. The molecule has 0 atom stereocenters. The molecule has 0 saturated carbocycles. The molecule has 0 bridgehead atoms. The van der Waals surface area contributed by atoms with Gasteiger partial charge in [0.1, 0.15) is 5.69 Å². The van der Waals surface area contributed by atoms with Crippen molar-refractivity contribution in [2.75, 3.05) is 13.6 Å². The molecule has 2 rings (SSSR count).